The van der Waals surface area contributed by atoms with Crippen molar-refractivity contribution in [1.82, 2.24) is 9.80 Å². The Hall–Kier alpha value is -2.41. The van der Waals surface area contributed by atoms with Crippen LogP contribution < -0.4 is 4.90 Å². The zero-order valence-electron chi connectivity index (χ0n) is 19.8. The van der Waals surface area contributed by atoms with Crippen LogP contribution in [-0.2, 0) is 23.1 Å². The Morgan fingerprint density at radius 1 is 1.03 bits per heavy atom. The molecule has 2 aromatic carbocycles. The van der Waals surface area contributed by atoms with Gasteiger partial charge < -0.3 is 19.6 Å². The van der Waals surface area contributed by atoms with Gasteiger partial charge in [-0.15, -0.1) is 0 Å². The number of aliphatic hydroxyl groups excluding tert-OH is 1. The number of fused-ring (bicyclic) bond motifs is 2. The summed E-state index contributed by atoms with van der Waals surface area (Å²) in [5, 5.41) is 10.9. The number of rotatable bonds is 5. The Balaban J connectivity index is 1.26. The van der Waals surface area contributed by atoms with E-state index in [1.165, 1.54) is 11.1 Å². The minimum Gasteiger partial charge on any atom is -0.390 e. The third-order valence-corrected chi connectivity index (χ3v) is 7.32. The number of ether oxygens (including phenoxy) is 1. The summed E-state index contributed by atoms with van der Waals surface area (Å²) in [6.07, 6.45) is 0.446. The first-order valence-electron chi connectivity index (χ1n) is 12.1. The lowest BCUT2D eigenvalue weighted by molar-refractivity contribution is 0.0431. The minimum absolute atomic E-state index is 0.0286. The van der Waals surface area contributed by atoms with Gasteiger partial charge in [0, 0.05) is 62.5 Å². The molecule has 1 saturated heterocycles. The number of amides is 1. The fourth-order valence-corrected chi connectivity index (χ4v) is 5.57. The predicted octanol–water partition coefficient (Wildman–Crippen LogP) is 2.68. The van der Waals surface area contributed by atoms with E-state index in [2.05, 4.69) is 60.0 Å². The Bertz CT molecular complexity index is 1020. The van der Waals surface area contributed by atoms with E-state index in [1.54, 1.807) is 0 Å². The van der Waals surface area contributed by atoms with Gasteiger partial charge in [0.15, 0.2) is 0 Å². The van der Waals surface area contributed by atoms with Gasteiger partial charge in [-0.25, -0.2) is 0 Å². The molecule has 6 heteroatoms. The topological polar surface area (TPSA) is 56.2 Å². The van der Waals surface area contributed by atoms with Gasteiger partial charge in [-0.05, 0) is 41.3 Å². The lowest BCUT2D eigenvalue weighted by atomic mass is 9.77. The maximum Gasteiger partial charge on any atom is 0.254 e. The van der Waals surface area contributed by atoms with Crippen molar-refractivity contribution in [3.05, 3.63) is 64.7 Å². The summed E-state index contributed by atoms with van der Waals surface area (Å²) >= 11 is 0. The number of hydrogen-bond donors (Lipinski definition) is 1. The second-order valence-corrected chi connectivity index (χ2v) is 10.3. The normalized spacial score (nSPS) is 21.5. The first-order chi connectivity index (χ1) is 15.9. The number of carbonyl (C=O) groups is 1. The van der Waals surface area contributed by atoms with Crippen molar-refractivity contribution in [2.24, 2.45) is 0 Å². The van der Waals surface area contributed by atoms with Crippen LogP contribution in [0.1, 0.15) is 40.9 Å². The predicted molar refractivity (Wildman–Crippen MR) is 130 cm³/mol. The van der Waals surface area contributed by atoms with E-state index < -0.39 is 6.10 Å². The van der Waals surface area contributed by atoms with Crippen LogP contribution in [0, 0.1) is 0 Å². The number of β-amino-alcohol motifs (C(OH)–C–C–N with tert-alkyl or cyclic N) is 1. The van der Waals surface area contributed by atoms with Gasteiger partial charge in [0.2, 0.25) is 0 Å². The van der Waals surface area contributed by atoms with Crippen molar-refractivity contribution in [1.29, 1.82) is 0 Å². The molecule has 176 valence electrons. The smallest absolute Gasteiger partial charge is 0.254 e. The standard InChI is InChI=1S/C27H35N3O3/c1-27(2)19-30(18-23(31)17-28-10-9-20-5-3-4-6-21(20)16-28)26(32)24-8-7-22(15-25(24)27)29-11-13-33-14-12-29/h3-8,15,23,31H,9-14,16-19H2,1-2H3. The quantitative estimate of drug-likeness (QED) is 0.761. The number of nitrogens with zero attached hydrogens (tertiary/aromatic N) is 3. The minimum atomic E-state index is -0.566. The number of hydrogen-bond acceptors (Lipinski definition) is 5. The molecule has 1 N–H and O–H groups in total. The third-order valence-electron chi connectivity index (χ3n) is 7.32. The molecule has 6 nitrogen and oxygen atoms in total. The first kappa shape index (κ1) is 22.4. The molecule has 33 heavy (non-hydrogen) atoms. The molecule has 1 fully saturated rings. The maximum absolute atomic E-state index is 13.4. The van der Waals surface area contributed by atoms with Crippen LogP contribution in [0.15, 0.2) is 42.5 Å². The molecule has 0 spiro atoms. The summed E-state index contributed by atoms with van der Waals surface area (Å²) in [4.78, 5) is 19.8. The highest BCUT2D eigenvalue weighted by Crippen LogP contribution is 2.36. The van der Waals surface area contributed by atoms with Gasteiger partial charge in [-0.2, -0.15) is 0 Å². The number of morpholine rings is 1. The number of carbonyl (C=O) groups excluding carboxylic acids is 1. The highest BCUT2D eigenvalue weighted by atomic mass is 16.5. The molecule has 5 rings (SSSR count). The van der Waals surface area contributed by atoms with Gasteiger partial charge >= 0.3 is 0 Å². The molecule has 3 aliphatic rings. The van der Waals surface area contributed by atoms with Gasteiger partial charge in [-0.3, -0.25) is 9.69 Å². The summed E-state index contributed by atoms with van der Waals surface area (Å²) in [6, 6.07) is 14.8. The molecule has 3 heterocycles. The van der Waals surface area contributed by atoms with E-state index in [0.717, 1.165) is 62.6 Å². The number of aliphatic hydroxyl groups is 1. The molecule has 0 saturated carbocycles. The molecule has 0 aliphatic carbocycles. The molecule has 1 unspecified atom stereocenters. The fraction of sp³-hybridized carbons (Fsp3) is 0.519. The molecule has 0 aromatic heterocycles. The highest BCUT2D eigenvalue weighted by Gasteiger charge is 2.38. The van der Waals surface area contributed by atoms with E-state index in [-0.39, 0.29) is 11.3 Å². The zero-order valence-corrected chi connectivity index (χ0v) is 19.8. The van der Waals surface area contributed by atoms with Crippen LogP contribution in [0.3, 0.4) is 0 Å². The van der Waals surface area contributed by atoms with Gasteiger partial charge in [0.05, 0.1) is 19.3 Å². The van der Waals surface area contributed by atoms with Crippen LogP contribution in [0.2, 0.25) is 0 Å². The van der Waals surface area contributed by atoms with Crippen LogP contribution in [0.25, 0.3) is 0 Å². The Labute approximate surface area is 196 Å². The second kappa shape index (κ2) is 9.09. The number of benzene rings is 2. The summed E-state index contributed by atoms with van der Waals surface area (Å²) in [6.45, 7) is 11.0. The Kier molecular flexibility index (Phi) is 6.16. The van der Waals surface area contributed by atoms with Crippen LogP contribution >= 0.6 is 0 Å². The fourth-order valence-electron chi connectivity index (χ4n) is 5.57. The third kappa shape index (κ3) is 4.65. The van der Waals surface area contributed by atoms with Crippen molar-refractivity contribution in [2.45, 2.75) is 38.3 Å². The van der Waals surface area contributed by atoms with E-state index in [4.69, 9.17) is 4.74 Å². The lowest BCUT2D eigenvalue weighted by Crippen LogP contribution is -2.51. The maximum atomic E-state index is 13.4. The molecular weight excluding hydrogens is 414 g/mol. The van der Waals surface area contributed by atoms with E-state index >= 15 is 0 Å². The van der Waals surface area contributed by atoms with Gasteiger partial charge in [-0.1, -0.05) is 38.1 Å². The lowest BCUT2D eigenvalue weighted by Gasteiger charge is -2.41. The molecular formula is C27H35N3O3. The molecule has 3 aliphatic heterocycles. The summed E-state index contributed by atoms with van der Waals surface area (Å²) in [5.41, 5.74) is 5.62. The summed E-state index contributed by atoms with van der Waals surface area (Å²) in [7, 11) is 0. The van der Waals surface area contributed by atoms with Gasteiger partial charge in [0.1, 0.15) is 0 Å². The van der Waals surface area contributed by atoms with E-state index in [0.29, 0.717) is 19.6 Å². The van der Waals surface area contributed by atoms with Crippen molar-refractivity contribution in [2.75, 3.05) is 57.4 Å². The van der Waals surface area contributed by atoms with Crippen molar-refractivity contribution < 1.29 is 14.6 Å². The largest absolute Gasteiger partial charge is 0.390 e. The molecule has 0 bridgehead atoms. The zero-order chi connectivity index (χ0) is 23.0. The molecule has 2 aromatic rings. The van der Waals surface area contributed by atoms with Crippen molar-refractivity contribution in [3.63, 3.8) is 0 Å². The van der Waals surface area contributed by atoms with Crippen LogP contribution in [-0.4, -0.2) is 79.4 Å². The van der Waals surface area contributed by atoms with E-state index in [9.17, 15) is 9.90 Å². The van der Waals surface area contributed by atoms with Crippen molar-refractivity contribution >= 4 is 11.6 Å². The number of anilines is 1. The molecule has 1 atom stereocenters. The Morgan fingerprint density at radius 2 is 1.79 bits per heavy atom. The summed E-state index contributed by atoms with van der Waals surface area (Å²) < 4.78 is 5.49. The molecule has 0 radical (unpaired) electrons. The molecule has 1 amide bonds. The van der Waals surface area contributed by atoms with Crippen LogP contribution in [0.4, 0.5) is 5.69 Å². The Morgan fingerprint density at radius 3 is 2.58 bits per heavy atom. The second-order valence-electron chi connectivity index (χ2n) is 10.3. The average Bonchev–Trinajstić information content (AvgIpc) is 2.82. The average molecular weight is 450 g/mol. The van der Waals surface area contributed by atoms with Gasteiger partial charge in [0.25, 0.3) is 5.91 Å². The monoisotopic (exact) mass is 449 g/mol. The highest BCUT2D eigenvalue weighted by molar-refractivity contribution is 5.98. The SMILES string of the molecule is CC1(C)CN(CC(O)CN2CCc3ccccc3C2)C(=O)c2ccc(N3CCOCC3)cc21. The van der Waals surface area contributed by atoms with E-state index in [1.807, 2.05) is 11.0 Å². The van der Waals surface area contributed by atoms with Crippen LogP contribution in [0.5, 0.6) is 0 Å². The summed E-state index contributed by atoms with van der Waals surface area (Å²) in [5.74, 6) is 0.0286. The first-order valence-corrected chi connectivity index (χ1v) is 12.1. The van der Waals surface area contributed by atoms with Crippen molar-refractivity contribution in [3.8, 4) is 0 Å².